The normalized spacial score (nSPS) is 22.7. The molecular weight excluding hydrogens is 243 g/mol. The van der Waals surface area contributed by atoms with Crippen LogP contribution in [-0.2, 0) is 14.0 Å². The molecule has 1 atom stereocenters. The van der Waals surface area contributed by atoms with Crippen LogP contribution in [0.1, 0.15) is 40.7 Å². The average molecular weight is 266 g/mol. The van der Waals surface area contributed by atoms with Gasteiger partial charge >= 0.3 is 7.12 Å². The molecule has 0 saturated carbocycles. The van der Waals surface area contributed by atoms with Gasteiger partial charge in [-0.2, -0.15) is 5.10 Å². The maximum absolute atomic E-state index is 5.97. The lowest BCUT2D eigenvalue weighted by molar-refractivity contribution is 0.00578. The Bertz CT molecular complexity index is 429. The standard InChI is InChI=1S/C13H23BN2O3/c1-10(9-17-6)16-8-7-11(15-16)14-18-12(2,3)13(4,5)19-14/h7-8,10H,9H2,1-6H3. The van der Waals surface area contributed by atoms with Gasteiger partial charge < -0.3 is 14.0 Å². The number of ether oxygens (including phenoxy) is 1. The molecule has 1 fully saturated rings. The van der Waals surface area contributed by atoms with E-state index in [0.29, 0.717) is 6.61 Å². The van der Waals surface area contributed by atoms with E-state index in [1.165, 1.54) is 0 Å². The van der Waals surface area contributed by atoms with E-state index < -0.39 is 7.12 Å². The zero-order chi connectivity index (χ0) is 14.3. The minimum absolute atomic E-state index is 0.196. The van der Waals surface area contributed by atoms with Crippen molar-refractivity contribution >= 4 is 12.7 Å². The van der Waals surface area contributed by atoms with Gasteiger partial charge in [-0.1, -0.05) is 0 Å². The molecule has 19 heavy (non-hydrogen) atoms. The van der Waals surface area contributed by atoms with E-state index >= 15 is 0 Å². The second kappa shape index (κ2) is 4.92. The monoisotopic (exact) mass is 266 g/mol. The van der Waals surface area contributed by atoms with E-state index in [2.05, 4.69) is 12.0 Å². The predicted octanol–water partition coefficient (Wildman–Crippen LogP) is 1.39. The first kappa shape index (κ1) is 14.6. The molecule has 0 amide bonds. The van der Waals surface area contributed by atoms with Gasteiger partial charge in [0.15, 0.2) is 0 Å². The zero-order valence-corrected chi connectivity index (χ0v) is 12.6. The number of methoxy groups -OCH3 is 1. The Balaban J connectivity index is 2.13. The lowest BCUT2D eigenvalue weighted by Crippen LogP contribution is -2.41. The summed E-state index contributed by atoms with van der Waals surface area (Å²) < 4.78 is 19.0. The molecule has 0 spiro atoms. The van der Waals surface area contributed by atoms with Gasteiger partial charge in [-0.25, -0.2) is 0 Å². The molecule has 0 radical (unpaired) electrons. The second-order valence-electron chi connectivity index (χ2n) is 6.11. The van der Waals surface area contributed by atoms with E-state index in [4.69, 9.17) is 14.0 Å². The SMILES string of the molecule is COCC(C)n1ccc(B2OC(C)(C)C(C)(C)O2)n1. The Kier molecular flexibility index (Phi) is 3.77. The lowest BCUT2D eigenvalue weighted by Gasteiger charge is -2.32. The molecule has 2 rings (SSSR count). The summed E-state index contributed by atoms with van der Waals surface area (Å²) in [5.41, 5.74) is 0.140. The van der Waals surface area contributed by atoms with Crippen LogP contribution < -0.4 is 5.59 Å². The third-order valence-corrected chi connectivity index (χ3v) is 3.98. The summed E-state index contributed by atoms with van der Waals surface area (Å²) in [7, 11) is 1.29. The number of rotatable bonds is 4. The van der Waals surface area contributed by atoms with E-state index in [-0.39, 0.29) is 17.2 Å². The van der Waals surface area contributed by atoms with Crippen LogP contribution >= 0.6 is 0 Å². The minimum atomic E-state index is -0.402. The maximum atomic E-state index is 5.97. The van der Waals surface area contributed by atoms with Gasteiger partial charge in [-0.3, -0.25) is 4.68 Å². The van der Waals surface area contributed by atoms with Crippen molar-refractivity contribution in [3.63, 3.8) is 0 Å². The van der Waals surface area contributed by atoms with Crippen LogP contribution in [0, 0.1) is 0 Å². The van der Waals surface area contributed by atoms with Crippen molar-refractivity contribution in [1.29, 1.82) is 0 Å². The van der Waals surface area contributed by atoms with Gasteiger partial charge in [0.05, 0.1) is 29.4 Å². The van der Waals surface area contributed by atoms with Crippen molar-refractivity contribution in [3.05, 3.63) is 12.3 Å². The zero-order valence-electron chi connectivity index (χ0n) is 12.6. The molecular formula is C13H23BN2O3. The summed E-state index contributed by atoms with van der Waals surface area (Å²) in [6.07, 6.45) is 1.93. The summed E-state index contributed by atoms with van der Waals surface area (Å²) in [5.74, 6) is 0. The predicted molar refractivity (Wildman–Crippen MR) is 74.5 cm³/mol. The highest BCUT2D eigenvalue weighted by molar-refractivity contribution is 6.61. The van der Waals surface area contributed by atoms with Crippen molar-refractivity contribution in [3.8, 4) is 0 Å². The molecule has 0 aromatic carbocycles. The second-order valence-corrected chi connectivity index (χ2v) is 6.11. The fourth-order valence-corrected chi connectivity index (χ4v) is 2.01. The Labute approximate surface area is 115 Å². The first-order valence-corrected chi connectivity index (χ1v) is 6.66. The summed E-state index contributed by atoms with van der Waals surface area (Å²) in [5, 5.41) is 4.53. The van der Waals surface area contributed by atoms with Crippen LogP contribution in [0.25, 0.3) is 0 Å². The van der Waals surface area contributed by atoms with Crippen molar-refractivity contribution in [2.24, 2.45) is 0 Å². The summed E-state index contributed by atoms with van der Waals surface area (Å²) in [6, 6.07) is 2.13. The van der Waals surface area contributed by atoms with Crippen molar-refractivity contribution < 1.29 is 14.0 Å². The van der Waals surface area contributed by atoms with Crippen molar-refractivity contribution in [1.82, 2.24) is 9.78 Å². The lowest BCUT2D eigenvalue weighted by atomic mass is 9.85. The highest BCUT2D eigenvalue weighted by Gasteiger charge is 2.52. The quantitative estimate of drug-likeness (QED) is 0.772. The molecule has 1 aliphatic rings. The smallest absolute Gasteiger partial charge is 0.398 e. The topological polar surface area (TPSA) is 45.5 Å². The fraction of sp³-hybridized carbons (Fsp3) is 0.769. The van der Waals surface area contributed by atoms with Gasteiger partial charge in [-0.15, -0.1) is 0 Å². The molecule has 1 saturated heterocycles. The maximum Gasteiger partial charge on any atom is 0.516 e. The van der Waals surface area contributed by atoms with Gasteiger partial charge in [0, 0.05) is 13.3 Å². The third kappa shape index (κ3) is 2.71. The number of nitrogens with zero attached hydrogens (tertiary/aromatic N) is 2. The molecule has 2 heterocycles. The third-order valence-electron chi connectivity index (χ3n) is 3.98. The number of hydrogen-bond donors (Lipinski definition) is 0. The Morgan fingerprint density at radius 3 is 2.42 bits per heavy atom. The van der Waals surface area contributed by atoms with E-state index in [0.717, 1.165) is 5.59 Å². The van der Waals surface area contributed by atoms with Crippen LogP contribution in [0.2, 0.25) is 0 Å². The molecule has 6 heteroatoms. The molecule has 0 aliphatic carbocycles. The number of hydrogen-bond acceptors (Lipinski definition) is 4. The fourth-order valence-electron chi connectivity index (χ4n) is 2.01. The molecule has 1 aromatic rings. The van der Waals surface area contributed by atoms with Crippen molar-refractivity contribution in [2.45, 2.75) is 51.9 Å². The number of aromatic nitrogens is 2. The van der Waals surface area contributed by atoms with E-state index in [9.17, 15) is 0 Å². The van der Waals surface area contributed by atoms with Gasteiger partial charge in [0.1, 0.15) is 0 Å². The van der Waals surface area contributed by atoms with Crippen molar-refractivity contribution in [2.75, 3.05) is 13.7 Å². The van der Waals surface area contributed by atoms with Crippen LogP contribution in [0.15, 0.2) is 12.3 Å². The molecule has 1 unspecified atom stereocenters. The van der Waals surface area contributed by atoms with E-state index in [1.807, 2.05) is 44.6 Å². The Morgan fingerprint density at radius 2 is 1.89 bits per heavy atom. The van der Waals surface area contributed by atoms with Gasteiger partial charge in [-0.05, 0) is 40.7 Å². The summed E-state index contributed by atoms with van der Waals surface area (Å²) in [6.45, 7) is 10.8. The van der Waals surface area contributed by atoms with E-state index in [1.54, 1.807) is 7.11 Å². The highest BCUT2D eigenvalue weighted by Crippen LogP contribution is 2.36. The average Bonchev–Trinajstić information content (AvgIpc) is 2.83. The Hall–Kier alpha value is -0.845. The molecule has 0 bridgehead atoms. The summed E-state index contributed by atoms with van der Waals surface area (Å²) >= 11 is 0. The Morgan fingerprint density at radius 1 is 1.32 bits per heavy atom. The first-order valence-electron chi connectivity index (χ1n) is 6.66. The van der Waals surface area contributed by atoms with Gasteiger partial charge in [0.25, 0.3) is 0 Å². The largest absolute Gasteiger partial charge is 0.516 e. The van der Waals surface area contributed by atoms with Gasteiger partial charge in [0.2, 0.25) is 0 Å². The van der Waals surface area contributed by atoms with Crippen LogP contribution in [-0.4, -0.2) is 41.8 Å². The molecule has 1 aliphatic heterocycles. The first-order chi connectivity index (χ1) is 8.77. The molecule has 1 aromatic heterocycles. The summed E-state index contributed by atoms with van der Waals surface area (Å²) in [4.78, 5) is 0. The minimum Gasteiger partial charge on any atom is -0.398 e. The molecule has 0 N–H and O–H groups in total. The van der Waals surface area contributed by atoms with Crippen LogP contribution in [0.5, 0.6) is 0 Å². The molecule has 106 valence electrons. The molecule has 5 nitrogen and oxygen atoms in total. The van der Waals surface area contributed by atoms with Crippen LogP contribution in [0.3, 0.4) is 0 Å². The highest BCUT2D eigenvalue weighted by atomic mass is 16.7. The van der Waals surface area contributed by atoms with Crippen LogP contribution in [0.4, 0.5) is 0 Å².